The normalized spacial score (nSPS) is 12.0. The summed E-state index contributed by atoms with van der Waals surface area (Å²) in [6.07, 6.45) is 0. The Hall–Kier alpha value is -2.06. The van der Waals surface area contributed by atoms with Crippen LogP contribution in [0.2, 0.25) is 0 Å². The average Bonchev–Trinajstić information content (AvgIpc) is 2.93. The van der Waals surface area contributed by atoms with Crippen LogP contribution in [0, 0.1) is 24.4 Å². The number of carbonyl (C=O) groups excluding carboxylic acids is 1. The molecule has 0 saturated heterocycles. The highest BCUT2D eigenvalue weighted by Gasteiger charge is 2.18. The lowest BCUT2D eigenvalue weighted by molar-refractivity contribution is 0.216. The number of rotatable bonds is 5. The second-order valence-electron chi connectivity index (χ2n) is 4.89. The third-order valence-electron chi connectivity index (χ3n) is 3.27. The zero-order valence-corrected chi connectivity index (χ0v) is 13.0. The minimum Gasteiger partial charge on any atom is -0.394 e. The topological polar surface area (TPSA) is 61.4 Å². The van der Waals surface area contributed by atoms with Crippen molar-refractivity contribution in [2.75, 3.05) is 6.61 Å². The van der Waals surface area contributed by atoms with Gasteiger partial charge in [0.25, 0.3) is 0 Å². The van der Waals surface area contributed by atoms with E-state index in [2.05, 4.69) is 10.6 Å². The molecule has 1 aromatic heterocycles. The number of amides is 2. The predicted molar refractivity (Wildman–Crippen MR) is 80.6 cm³/mol. The largest absolute Gasteiger partial charge is 0.394 e. The molecule has 8 heteroatoms. The first kappa shape index (κ1) is 17.3. The van der Waals surface area contributed by atoms with E-state index in [0.29, 0.717) is 6.54 Å². The molecule has 1 heterocycles. The molecular weight excluding hydrogens is 329 g/mol. The molecule has 1 atom stereocenters. The highest BCUT2D eigenvalue weighted by Crippen LogP contribution is 2.19. The molecule has 0 saturated carbocycles. The average molecular weight is 344 g/mol. The first-order chi connectivity index (χ1) is 10.9. The number of aryl methyl sites for hydroxylation is 1. The van der Waals surface area contributed by atoms with E-state index < -0.39 is 36.1 Å². The fourth-order valence-corrected chi connectivity index (χ4v) is 2.81. The number of urea groups is 1. The summed E-state index contributed by atoms with van der Waals surface area (Å²) in [6, 6.07) is 1.73. The van der Waals surface area contributed by atoms with Crippen molar-refractivity contribution in [3.05, 3.63) is 57.0 Å². The van der Waals surface area contributed by atoms with E-state index in [0.717, 1.165) is 22.6 Å². The van der Waals surface area contributed by atoms with E-state index in [-0.39, 0.29) is 5.56 Å². The Bertz CT molecular complexity index is 683. The highest BCUT2D eigenvalue weighted by molar-refractivity contribution is 7.10. The van der Waals surface area contributed by atoms with Gasteiger partial charge in [0.05, 0.1) is 19.2 Å². The number of hydrogen-bond donors (Lipinski definition) is 3. The molecule has 1 unspecified atom stereocenters. The van der Waals surface area contributed by atoms with Crippen LogP contribution in [0.1, 0.15) is 22.0 Å². The number of carbonyl (C=O) groups is 1. The number of hydrogen-bond acceptors (Lipinski definition) is 3. The van der Waals surface area contributed by atoms with Gasteiger partial charge in [0, 0.05) is 4.88 Å². The molecule has 0 aliphatic carbocycles. The van der Waals surface area contributed by atoms with Crippen LogP contribution in [0.25, 0.3) is 0 Å². The number of benzene rings is 1. The second kappa shape index (κ2) is 7.47. The Morgan fingerprint density at radius 1 is 1.30 bits per heavy atom. The fraction of sp³-hybridized carbons (Fsp3) is 0.267. The van der Waals surface area contributed by atoms with E-state index in [1.807, 2.05) is 18.4 Å². The molecule has 0 bridgehead atoms. The van der Waals surface area contributed by atoms with Crippen molar-refractivity contribution in [3.8, 4) is 0 Å². The van der Waals surface area contributed by atoms with Gasteiger partial charge in [0.2, 0.25) is 0 Å². The van der Waals surface area contributed by atoms with Gasteiger partial charge >= 0.3 is 6.03 Å². The molecular formula is C15H15F3N2O2S. The molecule has 1 aromatic carbocycles. The van der Waals surface area contributed by atoms with Crippen molar-refractivity contribution in [2.45, 2.75) is 19.5 Å². The lowest BCUT2D eigenvalue weighted by Gasteiger charge is -2.17. The lowest BCUT2D eigenvalue weighted by atomic mass is 10.1. The van der Waals surface area contributed by atoms with Gasteiger partial charge in [-0.25, -0.2) is 18.0 Å². The van der Waals surface area contributed by atoms with Gasteiger partial charge in [0.1, 0.15) is 0 Å². The van der Waals surface area contributed by atoms with Gasteiger partial charge in [-0.15, -0.1) is 11.3 Å². The number of thiophene rings is 1. The lowest BCUT2D eigenvalue weighted by Crippen LogP contribution is -2.39. The van der Waals surface area contributed by atoms with Crippen molar-refractivity contribution in [1.29, 1.82) is 0 Å². The maximum absolute atomic E-state index is 13.2. The van der Waals surface area contributed by atoms with Crippen LogP contribution in [0.4, 0.5) is 18.0 Å². The molecule has 2 rings (SSSR count). The van der Waals surface area contributed by atoms with Gasteiger partial charge in [-0.1, -0.05) is 0 Å². The monoisotopic (exact) mass is 344 g/mol. The summed E-state index contributed by atoms with van der Waals surface area (Å²) in [5, 5.41) is 16.2. The Balaban J connectivity index is 2.01. The predicted octanol–water partition coefficient (Wildman–Crippen LogP) is 3.01. The Kier molecular flexibility index (Phi) is 5.62. The number of nitrogens with one attached hydrogen (secondary N) is 2. The summed E-state index contributed by atoms with van der Waals surface area (Å²) in [5.41, 5.74) is 0.975. The zero-order chi connectivity index (χ0) is 17.0. The number of halogens is 3. The Labute approximate surface area is 135 Å². The third-order valence-corrected chi connectivity index (χ3v) is 4.30. The molecule has 0 fully saturated rings. The zero-order valence-electron chi connectivity index (χ0n) is 12.2. The summed E-state index contributed by atoms with van der Waals surface area (Å²) < 4.78 is 39.4. The summed E-state index contributed by atoms with van der Waals surface area (Å²) in [4.78, 5) is 12.8. The SMILES string of the molecule is Cc1ccsc1CNC(=O)NC(CO)c1cc(F)c(F)c(F)c1. The fourth-order valence-electron chi connectivity index (χ4n) is 1.97. The van der Waals surface area contributed by atoms with E-state index in [9.17, 15) is 23.1 Å². The van der Waals surface area contributed by atoms with E-state index >= 15 is 0 Å². The maximum atomic E-state index is 13.2. The summed E-state index contributed by atoms with van der Waals surface area (Å²) in [5.74, 6) is -4.35. The van der Waals surface area contributed by atoms with Crippen LogP contribution < -0.4 is 10.6 Å². The standard InChI is InChI=1S/C15H15F3N2O2S/c1-8-2-3-23-13(8)6-19-15(22)20-12(7-21)9-4-10(16)14(18)11(17)5-9/h2-5,12,21H,6-7H2,1H3,(H2,19,20,22). The van der Waals surface area contributed by atoms with Crippen LogP contribution in [0.5, 0.6) is 0 Å². The Morgan fingerprint density at radius 3 is 2.48 bits per heavy atom. The smallest absolute Gasteiger partial charge is 0.315 e. The minimum atomic E-state index is -1.59. The van der Waals surface area contributed by atoms with Gasteiger partial charge < -0.3 is 15.7 Å². The van der Waals surface area contributed by atoms with Gasteiger partial charge in [-0.05, 0) is 41.6 Å². The number of aliphatic hydroxyl groups excluding tert-OH is 1. The molecule has 0 aliphatic heterocycles. The van der Waals surface area contributed by atoms with Crippen molar-refractivity contribution < 1.29 is 23.1 Å². The molecule has 0 aliphatic rings. The van der Waals surface area contributed by atoms with E-state index in [4.69, 9.17) is 0 Å². The summed E-state index contributed by atoms with van der Waals surface area (Å²) in [7, 11) is 0. The molecule has 0 radical (unpaired) electrons. The van der Waals surface area contributed by atoms with Crippen LogP contribution in [-0.4, -0.2) is 17.7 Å². The van der Waals surface area contributed by atoms with Gasteiger partial charge in [-0.2, -0.15) is 0 Å². The maximum Gasteiger partial charge on any atom is 0.315 e. The molecule has 23 heavy (non-hydrogen) atoms. The van der Waals surface area contributed by atoms with Gasteiger partial charge in [0.15, 0.2) is 17.5 Å². The first-order valence-electron chi connectivity index (χ1n) is 6.75. The number of aliphatic hydroxyl groups is 1. The van der Waals surface area contributed by atoms with Crippen LogP contribution >= 0.6 is 11.3 Å². The van der Waals surface area contributed by atoms with E-state index in [1.165, 1.54) is 11.3 Å². The molecule has 124 valence electrons. The highest BCUT2D eigenvalue weighted by atomic mass is 32.1. The van der Waals surface area contributed by atoms with Crippen molar-refractivity contribution >= 4 is 17.4 Å². The molecule has 3 N–H and O–H groups in total. The van der Waals surface area contributed by atoms with E-state index in [1.54, 1.807) is 0 Å². The Morgan fingerprint density at radius 2 is 1.96 bits per heavy atom. The molecule has 2 amide bonds. The molecule has 0 spiro atoms. The van der Waals surface area contributed by atoms with Crippen molar-refractivity contribution in [2.24, 2.45) is 0 Å². The third kappa shape index (κ3) is 4.23. The summed E-state index contributed by atoms with van der Waals surface area (Å²) >= 11 is 1.49. The first-order valence-corrected chi connectivity index (χ1v) is 7.63. The van der Waals surface area contributed by atoms with Crippen molar-refractivity contribution in [1.82, 2.24) is 10.6 Å². The van der Waals surface area contributed by atoms with Crippen LogP contribution in [0.3, 0.4) is 0 Å². The molecule has 2 aromatic rings. The van der Waals surface area contributed by atoms with Crippen LogP contribution in [-0.2, 0) is 6.54 Å². The van der Waals surface area contributed by atoms with Crippen molar-refractivity contribution in [3.63, 3.8) is 0 Å². The minimum absolute atomic E-state index is 0.0636. The second-order valence-corrected chi connectivity index (χ2v) is 5.89. The summed E-state index contributed by atoms with van der Waals surface area (Å²) in [6.45, 7) is 1.61. The molecule has 4 nitrogen and oxygen atoms in total. The van der Waals surface area contributed by atoms with Crippen LogP contribution in [0.15, 0.2) is 23.6 Å². The quantitative estimate of drug-likeness (QED) is 0.730. The van der Waals surface area contributed by atoms with Gasteiger partial charge in [-0.3, -0.25) is 0 Å².